The molecule has 1 fully saturated rings. The number of nitrogens with two attached hydrogens (primary N) is 1. The van der Waals surface area contributed by atoms with E-state index in [0.717, 1.165) is 34.7 Å². The van der Waals surface area contributed by atoms with Gasteiger partial charge in [-0.3, -0.25) is 13.9 Å². The zero-order chi connectivity index (χ0) is 19.6. The van der Waals surface area contributed by atoms with E-state index in [4.69, 9.17) is 10.5 Å². The lowest BCUT2D eigenvalue weighted by Gasteiger charge is -2.16. The largest absolute Gasteiger partial charge is 0.376 e. The van der Waals surface area contributed by atoms with Crippen molar-refractivity contribution in [3.05, 3.63) is 31.3 Å². The molecule has 3 N–H and O–H groups in total. The predicted molar refractivity (Wildman–Crippen MR) is 110 cm³/mol. The van der Waals surface area contributed by atoms with Crippen LogP contribution in [0.5, 0.6) is 0 Å². The van der Waals surface area contributed by atoms with E-state index in [1.165, 1.54) is 15.9 Å². The van der Waals surface area contributed by atoms with E-state index >= 15 is 0 Å². The van der Waals surface area contributed by atoms with Crippen molar-refractivity contribution in [2.75, 3.05) is 19.7 Å². The van der Waals surface area contributed by atoms with Crippen LogP contribution in [-0.4, -0.2) is 34.9 Å². The standard InChI is InChI=1S/C19H30N4O3S/c1-12(2)10-22-17(24)16-13(3)15(9-21-7-6-20)27-18(16)23(19(22)25)11-14-5-4-8-26-14/h12,14,21H,4-11,20H2,1-3H3. The first-order valence-corrected chi connectivity index (χ1v) is 10.5. The van der Waals surface area contributed by atoms with Crippen LogP contribution in [0.15, 0.2) is 9.59 Å². The molecule has 1 unspecified atom stereocenters. The van der Waals surface area contributed by atoms with E-state index < -0.39 is 0 Å². The molecule has 1 aliphatic heterocycles. The van der Waals surface area contributed by atoms with Gasteiger partial charge in [0.05, 0.1) is 18.0 Å². The molecule has 0 bridgehead atoms. The third kappa shape index (κ3) is 4.18. The molecule has 1 saturated heterocycles. The highest BCUT2D eigenvalue weighted by molar-refractivity contribution is 7.18. The van der Waals surface area contributed by atoms with Crippen LogP contribution in [0.2, 0.25) is 0 Å². The van der Waals surface area contributed by atoms with E-state index in [1.807, 2.05) is 20.8 Å². The normalized spacial score (nSPS) is 17.4. The van der Waals surface area contributed by atoms with Gasteiger partial charge in [0.25, 0.3) is 5.56 Å². The van der Waals surface area contributed by atoms with Crippen LogP contribution in [-0.2, 0) is 24.4 Å². The summed E-state index contributed by atoms with van der Waals surface area (Å²) < 4.78 is 8.92. The van der Waals surface area contributed by atoms with Crippen LogP contribution in [0.4, 0.5) is 0 Å². The van der Waals surface area contributed by atoms with Gasteiger partial charge in [-0.15, -0.1) is 11.3 Å². The van der Waals surface area contributed by atoms with Gasteiger partial charge in [-0.05, 0) is 31.2 Å². The molecule has 2 aromatic heterocycles. The van der Waals surface area contributed by atoms with Crippen LogP contribution in [0.25, 0.3) is 10.2 Å². The average Bonchev–Trinajstić information content (AvgIpc) is 3.24. The lowest BCUT2D eigenvalue weighted by atomic mass is 10.2. The molecule has 7 nitrogen and oxygen atoms in total. The number of ether oxygens (including phenoxy) is 1. The van der Waals surface area contributed by atoms with Crippen LogP contribution >= 0.6 is 11.3 Å². The maximum atomic E-state index is 13.2. The number of hydrogen-bond donors (Lipinski definition) is 2. The third-order valence-corrected chi connectivity index (χ3v) is 6.27. The quantitative estimate of drug-likeness (QED) is 0.661. The van der Waals surface area contributed by atoms with Crippen molar-refractivity contribution < 1.29 is 4.74 Å². The SMILES string of the molecule is Cc1c(CNCCN)sc2c1c(=O)n(CC(C)C)c(=O)n2CC1CCCO1. The molecule has 1 aliphatic rings. The van der Waals surface area contributed by atoms with E-state index in [2.05, 4.69) is 5.32 Å². The first-order chi connectivity index (χ1) is 12.9. The monoisotopic (exact) mass is 394 g/mol. The van der Waals surface area contributed by atoms with Gasteiger partial charge in [-0.25, -0.2) is 4.79 Å². The molecule has 0 saturated carbocycles. The Labute approximate surface area is 163 Å². The minimum Gasteiger partial charge on any atom is -0.376 e. The topological polar surface area (TPSA) is 91.3 Å². The van der Waals surface area contributed by atoms with Crippen LogP contribution < -0.4 is 22.3 Å². The van der Waals surface area contributed by atoms with Gasteiger partial charge < -0.3 is 15.8 Å². The van der Waals surface area contributed by atoms with Gasteiger partial charge in [0, 0.05) is 37.7 Å². The van der Waals surface area contributed by atoms with E-state index in [-0.39, 0.29) is 23.3 Å². The maximum Gasteiger partial charge on any atom is 0.332 e. The predicted octanol–water partition coefficient (Wildman–Crippen LogP) is 1.42. The number of nitrogens with zero attached hydrogens (tertiary/aromatic N) is 2. The molecule has 0 amide bonds. The van der Waals surface area contributed by atoms with Crippen molar-refractivity contribution in [1.29, 1.82) is 0 Å². The van der Waals surface area contributed by atoms with Gasteiger partial charge >= 0.3 is 5.69 Å². The molecule has 1 atom stereocenters. The lowest BCUT2D eigenvalue weighted by Crippen LogP contribution is -2.42. The molecule has 0 aliphatic carbocycles. The van der Waals surface area contributed by atoms with Crippen molar-refractivity contribution in [3.8, 4) is 0 Å². The van der Waals surface area contributed by atoms with Gasteiger partial charge in [0.1, 0.15) is 4.83 Å². The third-order valence-electron chi connectivity index (χ3n) is 4.96. The molecule has 3 rings (SSSR count). The summed E-state index contributed by atoms with van der Waals surface area (Å²) in [6.07, 6.45) is 2.01. The molecule has 3 heterocycles. The lowest BCUT2D eigenvalue weighted by molar-refractivity contribution is 0.0966. The maximum absolute atomic E-state index is 13.2. The van der Waals surface area contributed by atoms with Crippen molar-refractivity contribution in [2.24, 2.45) is 11.7 Å². The smallest absolute Gasteiger partial charge is 0.332 e. The number of thiophene rings is 1. The summed E-state index contributed by atoms with van der Waals surface area (Å²) in [7, 11) is 0. The van der Waals surface area contributed by atoms with E-state index in [9.17, 15) is 9.59 Å². The molecule has 0 radical (unpaired) electrons. The Morgan fingerprint density at radius 2 is 2.11 bits per heavy atom. The molecule has 27 heavy (non-hydrogen) atoms. The number of nitrogens with one attached hydrogen (secondary N) is 1. The molecule has 8 heteroatoms. The van der Waals surface area contributed by atoms with Crippen molar-refractivity contribution in [2.45, 2.75) is 59.4 Å². The number of aryl methyl sites for hydroxylation is 1. The summed E-state index contributed by atoms with van der Waals surface area (Å²) in [6.45, 7) is 9.61. The highest BCUT2D eigenvalue weighted by Crippen LogP contribution is 2.28. The Morgan fingerprint density at radius 1 is 1.33 bits per heavy atom. The Balaban J connectivity index is 2.14. The van der Waals surface area contributed by atoms with Crippen molar-refractivity contribution in [3.63, 3.8) is 0 Å². The zero-order valence-corrected chi connectivity index (χ0v) is 17.2. The summed E-state index contributed by atoms with van der Waals surface area (Å²) in [5.41, 5.74) is 6.12. The van der Waals surface area contributed by atoms with Gasteiger partial charge in [-0.2, -0.15) is 0 Å². The number of hydrogen-bond acceptors (Lipinski definition) is 6. The second-order valence-corrected chi connectivity index (χ2v) is 8.72. The summed E-state index contributed by atoms with van der Waals surface area (Å²) in [5, 5.41) is 3.96. The highest BCUT2D eigenvalue weighted by Gasteiger charge is 2.23. The summed E-state index contributed by atoms with van der Waals surface area (Å²) >= 11 is 1.53. The molecule has 150 valence electrons. The second kappa shape index (κ2) is 8.68. The van der Waals surface area contributed by atoms with Crippen LogP contribution in [0.3, 0.4) is 0 Å². The minimum absolute atomic E-state index is 0.0390. The molecule has 0 spiro atoms. The molecule has 2 aromatic rings. The fraction of sp³-hybridized carbons (Fsp3) is 0.684. The van der Waals surface area contributed by atoms with Crippen LogP contribution in [0, 0.1) is 12.8 Å². The fourth-order valence-corrected chi connectivity index (χ4v) is 4.86. The van der Waals surface area contributed by atoms with Gasteiger partial charge in [0.15, 0.2) is 0 Å². The molecular formula is C19H30N4O3S. The van der Waals surface area contributed by atoms with Gasteiger partial charge in [0.2, 0.25) is 0 Å². The number of aromatic nitrogens is 2. The zero-order valence-electron chi connectivity index (χ0n) is 16.4. The van der Waals surface area contributed by atoms with Gasteiger partial charge in [-0.1, -0.05) is 13.8 Å². The Morgan fingerprint density at radius 3 is 2.74 bits per heavy atom. The second-order valence-electron chi connectivity index (χ2n) is 7.63. The fourth-order valence-electron chi connectivity index (χ4n) is 3.59. The Bertz CT molecular complexity index is 906. The molecule has 0 aromatic carbocycles. The highest BCUT2D eigenvalue weighted by atomic mass is 32.1. The summed E-state index contributed by atoms with van der Waals surface area (Å²) in [6, 6.07) is 0. The number of rotatable bonds is 8. The average molecular weight is 395 g/mol. The van der Waals surface area contributed by atoms with Crippen molar-refractivity contribution in [1.82, 2.24) is 14.5 Å². The van der Waals surface area contributed by atoms with E-state index in [0.29, 0.717) is 38.1 Å². The van der Waals surface area contributed by atoms with Crippen LogP contribution in [0.1, 0.15) is 37.1 Å². The number of fused-ring (bicyclic) bond motifs is 1. The summed E-state index contributed by atoms with van der Waals surface area (Å²) in [5.74, 6) is 0.216. The molecular weight excluding hydrogens is 364 g/mol. The van der Waals surface area contributed by atoms with E-state index in [1.54, 1.807) is 4.57 Å². The Hall–Kier alpha value is -1.48. The first-order valence-electron chi connectivity index (χ1n) is 9.72. The first kappa shape index (κ1) is 20.3. The minimum atomic E-state index is -0.223. The van der Waals surface area contributed by atoms with Crippen molar-refractivity contribution >= 4 is 21.6 Å². The Kier molecular flexibility index (Phi) is 6.52. The summed E-state index contributed by atoms with van der Waals surface area (Å²) in [4.78, 5) is 28.1.